The standard InChI is InChI=1S/C27H16ClN5O/c28-27-32-23(18-7-5-17(6-8-18)21-3-1-13-29-16-21)15-24(33-27)19-9-11-20(12-10-19)25-31-22-4-2-14-30-26(22)34-25/h1-16H. The van der Waals surface area contributed by atoms with Crippen molar-refractivity contribution >= 4 is 22.8 Å². The second kappa shape index (κ2) is 8.50. The maximum absolute atomic E-state index is 6.29. The lowest BCUT2D eigenvalue weighted by Crippen LogP contribution is -1.92. The highest BCUT2D eigenvalue weighted by molar-refractivity contribution is 6.28. The summed E-state index contributed by atoms with van der Waals surface area (Å²) >= 11 is 6.29. The predicted octanol–water partition coefficient (Wildman–Crippen LogP) is 6.73. The maximum Gasteiger partial charge on any atom is 0.247 e. The fourth-order valence-electron chi connectivity index (χ4n) is 3.76. The Morgan fingerprint density at radius 1 is 0.618 bits per heavy atom. The lowest BCUT2D eigenvalue weighted by atomic mass is 10.0. The summed E-state index contributed by atoms with van der Waals surface area (Å²) in [6.45, 7) is 0. The summed E-state index contributed by atoms with van der Waals surface area (Å²) in [5.41, 5.74) is 7.59. The topological polar surface area (TPSA) is 77.6 Å². The van der Waals surface area contributed by atoms with Gasteiger partial charge in [-0.05, 0) is 59.1 Å². The fourth-order valence-corrected chi connectivity index (χ4v) is 3.94. The van der Waals surface area contributed by atoms with Gasteiger partial charge in [0.1, 0.15) is 5.52 Å². The largest absolute Gasteiger partial charge is 0.418 e. The molecule has 7 heteroatoms. The van der Waals surface area contributed by atoms with Crippen LogP contribution in [0, 0.1) is 0 Å². The van der Waals surface area contributed by atoms with E-state index in [0.717, 1.165) is 44.7 Å². The number of oxazole rings is 1. The van der Waals surface area contributed by atoms with E-state index in [0.29, 0.717) is 11.6 Å². The van der Waals surface area contributed by atoms with Gasteiger partial charge < -0.3 is 4.42 Å². The normalized spacial score (nSPS) is 11.1. The van der Waals surface area contributed by atoms with Gasteiger partial charge in [-0.2, -0.15) is 0 Å². The van der Waals surface area contributed by atoms with E-state index < -0.39 is 0 Å². The van der Waals surface area contributed by atoms with Crippen LogP contribution in [0.4, 0.5) is 0 Å². The number of pyridine rings is 2. The minimum absolute atomic E-state index is 0.193. The summed E-state index contributed by atoms with van der Waals surface area (Å²) in [6.07, 6.45) is 5.29. The molecule has 6 nitrogen and oxygen atoms in total. The number of halogens is 1. The summed E-state index contributed by atoms with van der Waals surface area (Å²) in [5.74, 6) is 0.523. The summed E-state index contributed by atoms with van der Waals surface area (Å²) in [4.78, 5) is 21.7. The van der Waals surface area contributed by atoms with Gasteiger partial charge in [-0.25, -0.2) is 19.9 Å². The molecule has 34 heavy (non-hydrogen) atoms. The molecule has 0 radical (unpaired) electrons. The monoisotopic (exact) mass is 461 g/mol. The van der Waals surface area contributed by atoms with Crippen molar-refractivity contribution < 1.29 is 4.42 Å². The quantitative estimate of drug-likeness (QED) is 0.271. The van der Waals surface area contributed by atoms with E-state index in [1.165, 1.54) is 0 Å². The smallest absolute Gasteiger partial charge is 0.247 e. The molecule has 6 aromatic rings. The zero-order chi connectivity index (χ0) is 22.9. The van der Waals surface area contributed by atoms with Crippen molar-refractivity contribution in [1.29, 1.82) is 0 Å². The highest BCUT2D eigenvalue weighted by Gasteiger charge is 2.11. The average Bonchev–Trinajstić information content (AvgIpc) is 3.34. The van der Waals surface area contributed by atoms with Crippen molar-refractivity contribution in [3.05, 3.63) is 103 Å². The van der Waals surface area contributed by atoms with E-state index in [1.54, 1.807) is 12.4 Å². The van der Waals surface area contributed by atoms with Crippen LogP contribution in [-0.4, -0.2) is 24.9 Å². The first-order valence-electron chi connectivity index (χ1n) is 10.6. The van der Waals surface area contributed by atoms with Crippen LogP contribution in [-0.2, 0) is 0 Å². The first-order chi connectivity index (χ1) is 16.7. The van der Waals surface area contributed by atoms with Gasteiger partial charge >= 0.3 is 0 Å². The molecule has 0 saturated carbocycles. The SMILES string of the molecule is Clc1nc(-c2ccc(-c3cccnc3)cc2)cc(-c2ccc(-c3nc4cccnc4o3)cc2)n1. The van der Waals surface area contributed by atoms with Gasteiger partial charge in [0.25, 0.3) is 0 Å². The van der Waals surface area contributed by atoms with Gasteiger partial charge in [0.05, 0.1) is 11.4 Å². The van der Waals surface area contributed by atoms with Crippen LogP contribution in [0.5, 0.6) is 0 Å². The van der Waals surface area contributed by atoms with Gasteiger partial charge in [-0.15, -0.1) is 0 Å². The Labute approximate surface area is 200 Å². The Hall–Kier alpha value is -4.42. The number of hydrogen-bond donors (Lipinski definition) is 0. The van der Waals surface area contributed by atoms with Gasteiger partial charge in [0, 0.05) is 35.3 Å². The molecule has 0 aliphatic rings. The van der Waals surface area contributed by atoms with Crippen molar-refractivity contribution in [3.63, 3.8) is 0 Å². The van der Waals surface area contributed by atoms with Crippen LogP contribution in [0.15, 0.2) is 102 Å². The molecule has 0 spiro atoms. The Morgan fingerprint density at radius 2 is 1.26 bits per heavy atom. The Morgan fingerprint density at radius 3 is 1.91 bits per heavy atom. The second-order valence-electron chi connectivity index (χ2n) is 7.65. The molecule has 0 atom stereocenters. The highest BCUT2D eigenvalue weighted by Crippen LogP contribution is 2.29. The molecule has 4 heterocycles. The van der Waals surface area contributed by atoms with Gasteiger partial charge in [0.15, 0.2) is 0 Å². The van der Waals surface area contributed by atoms with Crippen LogP contribution in [0.1, 0.15) is 0 Å². The van der Waals surface area contributed by atoms with Crippen LogP contribution in [0.3, 0.4) is 0 Å². The van der Waals surface area contributed by atoms with Gasteiger partial charge in [-0.3, -0.25) is 4.98 Å². The Balaban J connectivity index is 1.30. The van der Waals surface area contributed by atoms with E-state index in [-0.39, 0.29) is 5.28 Å². The summed E-state index contributed by atoms with van der Waals surface area (Å²) < 4.78 is 5.76. The third-order valence-corrected chi connectivity index (χ3v) is 5.64. The number of nitrogens with zero attached hydrogens (tertiary/aromatic N) is 5. The predicted molar refractivity (Wildman–Crippen MR) is 132 cm³/mol. The minimum atomic E-state index is 0.193. The van der Waals surface area contributed by atoms with Crippen molar-refractivity contribution in [2.45, 2.75) is 0 Å². The molecule has 0 aliphatic carbocycles. The molecule has 0 saturated heterocycles. The lowest BCUT2D eigenvalue weighted by molar-refractivity contribution is 0.608. The van der Waals surface area contributed by atoms with Crippen LogP contribution in [0.2, 0.25) is 5.28 Å². The van der Waals surface area contributed by atoms with E-state index in [4.69, 9.17) is 16.0 Å². The third-order valence-electron chi connectivity index (χ3n) is 5.47. The molecular formula is C27H16ClN5O. The summed E-state index contributed by atoms with van der Waals surface area (Å²) in [5, 5.41) is 0.193. The lowest BCUT2D eigenvalue weighted by Gasteiger charge is -2.07. The van der Waals surface area contributed by atoms with E-state index in [9.17, 15) is 0 Å². The van der Waals surface area contributed by atoms with E-state index >= 15 is 0 Å². The van der Waals surface area contributed by atoms with Gasteiger partial charge in [-0.1, -0.05) is 42.5 Å². The molecule has 0 bridgehead atoms. The van der Waals surface area contributed by atoms with Crippen molar-refractivity contribution in [1.82, 2.24) is 24.9 Å². The van der Waals surface area contributed by atoms with Crippen LogP contribution in [0.25, 0.3) is 56.3 Å². The molecular weight excluding hydrogens is 446 g/mol. The molecule has 4 aromatic heterocycles. The summed E-state index contributed by atoms with van der Waals surface area (Å²) in [7, 11) is 0. The first kappa shape index (κ1) is 20.2. The molecule has 2 aromatic carbocycles. The number of hydrogen-bond acceptors (Lipinski definition) is 6. The molecule has 0 aliphatic heterocycles. The first-order valence-corrected chi connectivity index (χ1v) is 11.0. The Bertz CT molecular complexity index is 1560. The average molecular weight is 462 g/mol. The van der Waals surface area contributed by atoms with Crippen LogP contribution < -0.4 is 0 Å². The molecule has 0 amide bonds. The van der Waals surface area contributed by atoms with E-state index in [2.05, 4.69) is 24.9 Å². The van der Waals surface area contributed by atoms with E-state index in [1.807, 2.05) is 85.1 Å². The maximum atomic E-state index is 6.29. The van der Waals surface area contributed by atoms with Crippen molar-refractivity contribution in [2.75, 3.05) is 0 Å². The third kappa shape index (κ3) is 3.91. The minimum Gasteiger partial charge on any atom is -0.418 e. The van der Waals surface area contributed by atoms with Gasteiger partial charge in [0.2, 0.25) is 16.9 Å². The Kier molecular flexibility index (Phi) is 5.05. The molecule has 0 unspecified atom stereocenters. The van der Waals surface area contributed by atoms with Crippen molar-refractivity contribution in [2.24, 2.45) is 0 Å². The number of benzene rings is 2. The molecule has 0 fully saturated rings. The number of fused-ring (bicyclic) bond motifs is 1. The zero-order valence-electron chi connectivity index (χ0n) is 17.8. The summed E-state index contributed by atoms with van der Waals surface area (Å²) in [6, 6.07) is 25.5. The number of aromatic nitrogens is 5. The highest BCUT2D eigenvalue weighted by atomic mass is 35.5. The van der Waals surface area contributed by atoms with Crippen LogP contribution >= 0.6 is 11.6 Å². The molecule has 0 N–H and O–H groups in total. The van der Waals surface area contributed by atoms with Crippen molar-refractivity contribution in [3.8, 4) is 45.1 Å². The molecule has 6 rings (SSSR count). The fraction of sp³-hybridized carbons (Fsp3) is 0. The zero-order valence-corrected chi connectivity index (χ0v) is 18.5. The second-order valence-corrected chi connectivity index (χ2v) is 7.99. The number of rotatable bonds is 4. The molecule has 162 valence electrons.